The molecule has 0 aromatic carbocycles. The van der Waals surface area contributed by atoms with E-state index >= 15 is 0 Å². The van der Waals surface area contributed by atoms with Crippen LogP contribution in [0.2, 0.25) is 0 Å². The Bertz CT molecular complexity index is 122. The van der Waals surface area contributed by atoms with E-state index in [1.54, 1.807) is 20.9 Å². The van der Waals surface area contributed by atoms with Crippen molar-refractivity contribution in [3.05, 3.63) is 0 Å². The highest BCUT2D eigenvalue weighted by molar-refractivity contribution is 9.07. The van der Waals surface area contributed by atoms with Gasteiger partial charge in [-0.05, 0) is 20.9 Å². The smallest absolute Gasteiger partial charge is 0.324 e. The Hall–Kier alpha value is -0.0900. The van der Waals surface area contributed by atoms with Crippen LogP contribution in [0.3, 0.4) is 0 Å². The third kappa shape index (κ3) is 1.95. The Morgan fingerprint density at radius 3 is 2.00 bits per heavy atom. The standard InChI is InChI=1S/C5H10BrNO2/c1-5(2,4(8)9)7(3)6/h1-3H3,(H,8,9). The van der Waals surface area contributed by atoms with E-state index in [1.165, 1.54) is 3.93 Å². The molecule has 0 heterocycles. The van der Waals surface area contributed by atoms with Gasteiger partial charge in [0.1, 0.15) is 5.54 Å². The molecule has 0 amide bonds. The van der Waals surface area contributed by atoms with E-state index in [1.807, 2.05) is 0 Å². The number of carbonyl (C=O) groups is 1. The Morgan fingerprint density at radius 1 is 1.67 bits per heavy atom. The fraction of sp³-hybridized carbons (Fsp3) is 0.800. The molecular weight excluding hydrogens is 186 g/mol. The third-order valence-corrected chi connectivity index (χ3v) is 2.18. The van der Waals surface area contributed by atoms with Crippen LogP contribution in [0.5, 0.6) is 0 Å². The molecule has 0 bridgehead atoms. The van der Waals surface area contributed by atoms with Gasteiger partial charge in [-0.3, -0.25) is 4.79 Å². The van der Waals surface area contributed by atoms with Gasteiger partial charge in [-0.1, -0.05) is 0 Å². The summed E-state index contributed by atoms with van der Waals surface area (Å²) in [5.41, 5.74) is -0.833. The van der Waals surface area contributed by atoms with Crippen LogP contribution < -0.4 is 0 Å². The van der Waals surface area contributed by atoms with E-state index in [4.69, 9.17) is 5.11 Å². The number of rotatable bonds is 2. The molecule has 9 heavy (non-hydrogen) atoms. The summed E-state index contributed by atoms with van der Waals surface area (Å²) in [7, 11) is 1.66. The monoisotopic (exact) mass is 195 g/mol. The van der Waals surface area contributed by atoms with Gasteiger partial charge in [-0.25, -0.2) is 3.93 Å². The minimum atomic E-state index is -0.845. The number of carboxylic acids is 1. The number of likely N-dealkylation sites (N-methyl/N-ethyl adjacent to an activating group) is 1. The van der Waals surface area contributed by atoms with Crippen molar-refractivity contribution >= 4 is 22.1 Å². The maximum Gasteiger partial charge on any atom is 0.324 e. The Morgan fingerprint density at radius 2 is 2.00 bits per heavy atom. The Labute approximate surface area is 63.0 Å². The average Bonchev–Trinajstić information content (AvgIpc) is 1.65. The van der Waals surface area contributed by atoms with Crippen LogP contribution in [0.15, 0.2) is 0 Å². The lowest BCUT2D eigenvalue weighted by Crippen LogP contribution is -2.42. The lowest BCUT2D eigenvalue weighted by molar-refractivity contribution is -0.145. The number of hydrogen-bond donors (Lipinski definition) is 1. The molecule has 0 unspecified atom stereocenters. The second kappa shape index (κ2) is 2.66. The molecule has 0 aromatic heterocycles. The summed E-state index contributed by atoms with van der Waals surface area (Å²) >= 11 is 3.05. The van der Waals surface area contributed by atoms with Gasteiger partial charge in [-0.2, -0.15) is 0 Å². The van der Waals surface area contributed by atoms with Crippen molar-refractivity contribution in [2.75, 3.05) is 7.05 Å². The molecule has 0 rings (SSSR count). The average molecular weight is 196 g/mol. The van der Waals surface area contributed by atoms with E-state index in [0.717, 1.165) is 0 Å². The molecule has 4 heteroatoms. The maximum atomic E-state index is 10.4. The Kier molecular flexibility index (Phi) is 2.64. The van der Waals surface area contributed by atoms with Crippen LogP contribution in [0, 0.1) is 0 Å². The molecule has 0 aromatic rings. The molecule has 54 valence electrons. The maximum absolute atomic E-state index is 10.4. The first-order valence-corrected chi connectivity index (χ1v) is 3.23. The molecule has 0 aliphatic heterocycles. The quantitative estimate of drug-likeness (QED) is 0.672. The molecule has 0 spiro atoms. The number of halogens is 1. The number of hydrogen-bond acceptors (Lipinski definition) is 2. The van der Waals surface area contributed by atoms with Crippen LogP contribution in [-0.2, 0) is 4.79 Å². The summed E-state index contributed by atoms with van der Waals surface area (Å²) in [6.07, 6.45) is 0. The van der Waals surface area contributed by atoms with Crippen molar-refractivity contribution in [2.24, 2.45) is 0 Å². The SMILES string of the molecule is CN(Br)C(C)(C)C(=O)O. The van der Waals surface area contributed by atoms with Crippen LogP contribution in [0.1, 0.15) is 13.8 Å². The van der Waals surface area contributed by atoms with Gasteiger partial charge < -0.3 is 5.11 Å². The van der Waals surface area contributed by atoms with Crippen molar-refractivity contribution in [3.8, 4) is 0 Å². The van der Waals surface area contributed by atoms with Crippen molar-refractivity contribution in [3.63, 3.8) is 0 Å². The van der Waals surface area contributed by atoms with Crippen LogP contribution >= 0.6 is 16.1 Å². The van der Waals surface area contributed by atoms with Gasteiger partial charge in [0.25, 0.3) is 0 Å². The highest BCUT2D eigenvalue weighted by Gasteiger charge is 2.30. The van der Waals surface area contributed by atoms with E-state index < -0.39 is 11.5 Å². The molecule has 0 atom stereocenters. The minimum Gasteiger partial charge on any atom is -0.480 e. The predicted molar refractivity (Wildman–Crippen MR) is 38.4 cm³/mol. The molecule has 0 saturated heterocycles. The molecule has 0 saturated carbocycles. The molecule has 0 aliphatic rings. The van der Waals surface area contributed by atoms with Gasteiger partial charge in [0.05, 0.1) is 0 Å². The van der Waals surface area contributed by atoms with Crippen molar-refractivity contribution in [2.45, 2.75) is 19.4 Å². The van der Waals surface area contributed by atoms with Gasteiger partial charge in [0.2, 0.25) is 0 Å². The fourth-order valence-corrected chi connectivity index (χ4v) is 0.283. The highest BCUT2D eigenvalue weighted by Crippen LogP contribution is 2.15. The zero-order valence-electron chi connectivity index (χ0n) is 5.68. The first-order chi connectivity index (χ1) is 3.89. The molecule has 0 radical (unpaired) electrons. The van der Waals surface area contributed by atoms with Gasteiger partial charge in [0.15, 0.2) is 0 Å². The van der Waals surface area contributed by atoms with Gasteiger partial charge >= 0.3 is 5.97 Å². The molecule has 0 aliphatic carbocycles. The summed E-state index contributed by atoms with van der Waals surface area (Å²) in [5.74, 6) is -0.845. The second-order valence-electron chi connectivity index (χ2n) is 2.34. The minimum absolute atomic E-state index is 0.833. The molecular formula is C5H10BrNO2. The van der Waals surface area contributed by atoms with E-state index in [0.29, 0.717) is 0 Å². The highest BCUT2D eigenvalue weighted by atomic mass is 79.9. The van der Waals surface area contributed by atoms with Crippen LogP contribution in [-0.4, -0.2) is 27.6 Å². The lowest BCUT2D eigenvalue weighted by Gasteiger charge is -2.24. The summed E-state index contributed by atoms with van der Waals surface area (Å²) in [4.78, 5) is 10.4. The number of aliphatic carboxylic acids is 1. The second-order valence-corrected chi connectivity index (χ2v) is 3.41. The van der Waals surface area contributed by atoms with E-state index in [-0.39, 0.29) is 0 Å². The Balaban J connectivity index is 4.19. The normalized spacial score (nSPS) is 12.1. The van der Waals surface area contributed by atoms with Crippen molar-refractivity contribution in [1.82, 2.24) is 3.93 Å². The molecule has 3 nitrogen and oxygen atoms in total. The summed E-state index contributed by atoms with van der Waals surface area (Å²) < 4.78 is 1.47. The van der Waals surface area contributed by atoms with Crippen molar-refractivity contribution in [1.29, 1.82) is 0 Å². The number of nitrogens with zero attached hydrogens (tertiary/aromatic N) is 1. The molecule has 0 fully saturated rings. The number of carboxylic acid groups (broad SMARTS) is 1. The first-order valence-electron chi connectivity index (χ1n) is 2.52. The van der Waals surface area contributed by atoms with Crippen LogP contribution in [0.25, 0.3) is 0 Å². The zero-order chi connectivity index (χ0) is 7.65. The fourth-order valence-electron chi connectivity index (χ4n) is 0.132. The zero-order valence-corrected chi connectivity index (χ0v) is 7.27. The van der Waals surface area contributed by atoms with Crippen LogP contribution in [0.4, 0.5) is 0 Å². The summed E-state index contributed by atoms with van der Waals surface area (Å²) in [6.45, 7) is 3.23. The lowest BCUT2D eigenvalue weighted by atomic mass is 10.1. The largest absolute Gasteiger partial charge is 0.480 e. The van der Waals surface area contributed by atoms with Gasteiger partial charge in [-0.15, -0.1) is 0 Å². The van der Waals surface area contributed by atoms with Crippen molar-refractivity contribution < 1.29 is 9.90 Å². The van der Waals surface area contributed by atoms with E-state index in [2.05, 4.69) is 16.1 Å². The predicted octanol–water partition coefficient (Wildman–Crippen LogP) is 1.09. The first kappa shape index (κ1) is 8.91. The van der Waals surface area contributed by atoms with Gasteiger partial charge in [0, 0.05) is 16.1 Å². The summed E-state index contributed by atoms with van der Waals surface area (Å²) in [6, 6.07) is 0. The third-order valence-electron chi connectivity index (χ3n) is 1.29. The molecule has 1 N–H and O–H groups in total. The summed E-state index contributed by atoms with van der Waals surface area (Å²) in [5, 5.41) is 8.54. The topological polar surface area (TPSA) is 40.5 Å². The van der Waals surface area contributed by atoms with E-state index in [9.17, 15) is 4.79 Å².